The van der Waals surface area contributed by atoms with Gasteiger partial charge in [0.25, 0.3) is 0 Å². The molecule has 23 heavy (non-hydrogen) atoms. The summed E-state index contributed by atoms with van der Waals surface area (Å²) in [6, 6.07) is 8.36. The first-order valence-electron chi connectivity index (χ1n) is 7.57. The maximum absolute atomic E-state index is 5.54. The zero-order valence-electron chi connectivity index (χ0n) is 14.7. The van der Waals surface area contributed by atoms with Gasteiger partial charge in [-0.3, -0.25) is 4.90 Å². The Hall–Kier alpha value is -1.72. The van der Waals surface area contributed by atoms with E-state index in [1.165, 1.54) is 4.88 Å². The van der Waals surface area contributed by atoms with Crippen molar-refractivity contribution in [2.45, 2.75) is 18.9 Å². The number of nitrogens with zero attached hydrogens (tertiary/aromatic N) is 1. The van der Waals surface area contributed by atoms with Crippen LogP contribution in [0.2, 0.25) is 0 Å². The summed E-state index contributed by atoms with van der Waals surface area (Å²) in [4.78, 5) is 3.54. The van der Waals surface area contributed by atoms with Gasteiger partial charge in [0.2, 0.25) is 5.75 Å². The Kier molecular flexibility index (Phi) is 5.55. The first-order valence-corrected chi connectivity index (χ1v) is 8.45. The summed E-state index contributed by atoms with van der Waals surface area (Å²) in [7, 11) is 9.13. The standard InChI is InChI=1S/C18H25NO3S/c1-7-18(19(2)3,16-9-8-10-23-16)13-11-14(20-4)17(22-6)15(12-13)21-5/h8-12H,7H2,1-6H3. The Bertz CT molecular complexity index is 615. The molecule has 0 N–H and O–H groups in total. The van der Waals surface area contributed by atoms with Crippen molar-refractivity contribution in [3.05, 3.63) is 40.1 Å². The van der Waals surface area contributed by atoms with Gasteiger partial charge in [0.1, 0.15) is 0 Å². The van der Waals surface area contributed by atoms with Crippen molar-refractivity contribution in [3.63, 3.8) is 0 Å². The van der Waals surface area contributed by atoms with E-state index < -0.39 is 0 Å². The van der Waals surface area contributed by atoms with E-state index in [-0.39, 0.29) is 5.54 Å². The number of hydrogen-bond donors (Lipinski definition) is 0. The van der Waals surface area contributed by atoms with Gasteiger partial charge < -0.3 is 14.2 Å². The van der Waals surface area contributed by atoms with E-state index in [1.54, 1.807) is 32.7 Å². The Labute approximate surface area is 142 Å². The highest BCUT2D eigenvalue weighted by Gasteiger charge is 2.37. The third kappa shape index (κ3) is 2.91. The largest absolute Gasteiger partial charge is 0.493 e. The van der Waals surface area contributed by atoms with Crippen molar-refractivity contribution in [1.82, 2.24) is 4.90 Å². The molecule has 0 aliphatic heterocycles. The number of benzene rings is 1. The predicted molar refractivity (Wildman–Crippen MR) is 95.2 cm³/mol. The van der Waals surface area contributed by atoms with Crippen molar-refractivity contribution in [1.29, 1.82) is 0 Å². The number of rotatable bonds is 7. The molecule has 2 rings (SSSR count). The van der Waals surface area contributed by atoms with E-state index in [0.717, 1.165) is 12.0 Å². The molecule has 0 aliphatic carbocycles. The Morgan fingerprint density at radius 2 is 1.65 bits per heavy atom. The Morgan fingerprint density at radius 3 is 2.00 bits per heavy atom. The monoisotopic (exact) mass is 335 g/mol. The lowest BCUT2D eigenvalue weighted by Gasteiger charge is -2.39. The predicted octanol–water partition coefficient (Wildman–Crippen LogP) is 3.99. The number of methoxy groups -OCH3 is 3. The molecular formula is C18H25NO3S. The van der Waals surface area contributed by atoms with Crippen LogP contribution in [0.4, 0.5) is 0 Å². The average Bonchev–Trinajstić information content (AvgIpc) is 3.09. The van der Waals surface area contributed by atoms with Crippen LogP contribution in [0.15, 0.2) is 29.6 Å². The second-order valence-corrected chi connectivity index (χ2v) is 6.45. The molecule has 1 aromatic heterocycles. The number of ether oxygens (including phenoxy) is 3. The molecule has 0 saturated heterocycles. The fourth-order valence-electron chi connectivity index (χ4n) is 3.15. The van der Waals surface area contributed by atoms with E-state index >= 15 is 0 Å². The van der Waals surface area contributed by atoms with E-state index in [1.807, 2.05) is 12.1 Å². The summed E-state index contributed by atoms with van der Waals surface area (Å²) in [5, 5.41) is 2.11. The van der Waals surface area contributed by atoms with Gasteiger partial charge in [-0.05, 0) is 49.7 Å². The smallest absolute Gasteiger partial charge is 0.203 e. The van der Waals surface area contributed by atoms with Crippen LogP contribution in [-0.4, -0.2) is 40.3 Å². The topological polar surface area (TPSA) is 30.9 Å². The van der Waals surface area contributed by atoms with Crippen molar-refractivity contribution < 1.29 is 14.2 Å². The maximum atomic E-state index is 5.54. The maximum Gasteiger partial charge on any atom is 0.203 e. The van der Waals surface area contributed by atoms with E-state index in [4.69, 9.17) is 14.2 Å². The van der Waals surface area contributed by atoms with Crippen LogP contribution in [0.1, 0.15) is 23.8 Å². The summed E-state index contributed by atoms with van der Waals surface area (Å²) in [5.41, 5.74) is 0.892. The van der Waals surface area contributed by atoms with Gasteiger partial charge in [0.15, 0.2) is 11.5 Å². The van der Waals surface area contributed by atoms with Gasteiger partial charge >= 0.3 is 0 Å². The summed E-state index contributed by atoms with van der Waals surface area (Å²) in [5.74, 6) is 1.98. The van der Waals surface area contributed by atoms with Gasteiger partial charge in [0.05, 0.1) is 26.9 Å². The summed E-state index contributed by atoms with van der Waals surface area (Å²) in [6.07, 6.45) is 0.930. The first kappa shape index (κ1) is 17.6. The molecule has 0 amide bonds. The van der Waals surface area contributed by atoms with E-state index in [2.05, 4.69) is 43.4 Å². The molecule has 1 atom stereocenters. The second kappa shape index (κ2) is 7.23. The summed E-state index contributed by atoms with van der Waals surface area (Å²) < 4.78 is 16.5. The molecule has 0 fully saturated rings. The van der Waals surface area contributed by atoms with Crippen LogP contribution in [0.25, 0.3) is 0 Å². The third-order valence-electron chi connectivity index (χ3n) is 4.35. The minimum atomic E-state index is -0.235. The minimum absolute atomic E-state index is 0.235. The van der Waals surface area contributed by atoms with Crippen LogP contribution in [-0.2, 0) is 5.54 Å². The average molecular weight is 335 g/mol. The molecule has 1 unspecified atom stereocenters. The first-order chi connectivity index (χ1) is 11.0. The summed E-state index contributed by atoms with van der Waals surface area (Å²) in [6.45, 7) is 2.20. The minimum Gasteiger partial charge on any atom is -0.493 e. The van der Waals surface area contributed by atoms with Crippen molar-refractivity contribution in [2.75, 3.05) is 35.4 Å². The molecule has 0 bridgehead atoms. The van der Waals surface area contributed by atoms with Crippen LogP contribution in [0, 0.1) is 0 Å². The highest BCUT2D eigenvalue weighted by molar-refractivity contribution is 7.10. The van der Waals surface area contributed by atoms with Crippen LogP contribution < -0.4 is 14.2 Å². The van der Waals surface area contributed by atoms with Crippen LogP contribution in [0.3, 0.4) is 0 Å². The van der Waals surface area contributed by atoms with Crippen molar-refractivity contribution in [3.8, 4) is 17.2 Å². The lowest BCUT2D eigenvalue weighted by molar-refractivity contribution is 0.195. The van der Waals surface area contributed by atoms with Gasteiger partial charge in [-0.2, -0.15) is 0 Å². The summed E-state index contributed by atoms with van der Waals surface area (Å²) >= 11 is 1.76. The normalized spacial score (nSPS) is 13.7. The van der Waals surface area contributed by atoms with Gasteiger partial charge in [-0.25, -0.2) is 0 Å². The highest BCUT2D eigenvalue weighted by Crippen LogP contribution is 2.46. The molecule has 126 valence electrons. The number of hydrogen-bond acceptors (Lipinski definition) is 5. The molecule has 0 spiro atoms. The SMILES string of the molecule is CCC(c1cc(OC)c(OC)c(OC)c1)(c1cccs1)N(C)C. The zero-order chi connectivity index (χ0) is 17.0. The molecule has 4 nitrogen and oxygen atoms in total. The van der Waals surface area contributed by atoms with Crippen molar-refractivity contribution >= 4 is 11.3 Å². The number of thiophene rings is 1. The van der Waals surface area contributed by atoms with E-state index in [0.29, 0.717) is 17.2 Å². The van der Waals surface area contributed by atoms with Gasteiger partial charge in [-0.1, -0.05) is 13.0 Å². The van der Waals surface area contributed by atoms with Crippen molar-refractivity contribution in [2.24, 2.45) is 0 Å². The molecular weight excluding hydrogens is 310 g/mol. The molecule has 2 aromatic rings. The molecule has 1 aromatic carbocycles. The molecule has 0 saturated carbocycles. The van der Waals surface area contributed by atoms with Crippen LogP contribution >= 0.6 is 11.3 Å². The molecule has 5 heteroatoms. The quantitative estimate of drug-likeness (QED) is 0.765. The highest BCUT2D eigenvalue weighted by atomic mass is 32.1. The molecule has 1 heterocycles. The van der Waals surface area contributed by atoms with Gasteiger partial charge in [0, 0.05) is 4.88 Å². The van der Waals surface area contributed by atoms with E-state index in [9.17, 15) is 0 Å². The fourth-order valence-corrected chi connectivity index (χ4v) is 4.25. The van der Waals surface area contributed by atoms with Crippen LogP contribution in [0.5, 0.6) is 17.2 Å². The lowest BCUT2D eigenvalue weighted by Crippen LogP contribution is -2.41. The van der Waals surface area contributed by atoms with Gasteiger partial charge in [-0.15, -0.1) is 11.3 Å². The third-order valence-corrected chi connectivity index (χ3v) is 5.37. The lowest BCUT2D eigenvalue weighted by atomic mass is 9.84. The Balaban J connectivity index is 2.74. The zero-order valence-corrected chi connectivity index (χ0v) is 15.5. The fraction of sp³-hybridized carbons (Fsp3) is 0.444. The second-order valence-electron chi connectivity index (χ2n) is 5.50. The molecule has 0 radical (unpaired) electrons. The Morgan fingerprint density at radius 1 is 1.04 bits per heavy atom. The molecule has 0 aliphatic rings.